The number of nitrogens with zero attached hydrogens (tertiary/aromatic N) is 1. The van der Waals surface area contributed by atoms with Gasteiger partial charge in [-0.05, 0) is 40.2 Å². The van der Waals surface area contributed by atoms with Gasteiger partial charge < -0.3 is 9.15 Å². The predicted molar refractivity (Wildman–Crippen MR) is 74.5 cm³/mol. The lowest BCUT2D eigenvalue weighted by molar-refractivity contribution is 0.0952. The van der Waals surface area contributed by atoms with E-state index in [1.54, 1.807) is 36.4 Å². The Morgan fingerprint density at radius 1 is 1.37 bits per heavy atom. The minimum atomic E-state index is -0.348. The summed E-state index contributed by atoms with van der Waals surface area (Å²) in [6, 6.07) is 10.4. The van der Waals surface area contributed by atoms with E-state index in [0.29, 0.717) is 21.7 Å². The molecular formula is C13H11BrN2O3. The molecule has 2 rings (SSSR count). The number of ether oxygens (including phenoxy) is 1. The van der Waals surface area contributed by atoms with Crippen molar-refractivity contribution in [2.24, 2.45) is 5.10 Å². The van der Waals surface area contributed by atoms with Crippen molar-refractivity contribution in [3.05, 3.63) is 52.4 Å². The Hall–Kier alpha value is -2.08. The quantitative estimate of drug-likeness (QED) is 0.695. The molecule has 0 aliphatic carbocycles. The summed E-state index contributed by atoms with van der Waals surface area (Å²) in [6.07, 6.45) is 1.41. The highest BCUT2D eigenvalue weighted by atomic mass is 79.9. The molecule has 0 spiro atoms. The smallest absolute Gasteiger partial charge is 0.275 e. The molecular weight excluding hydrogens is 312 g/mol. The van der Waals surface area contributed by atoms with Crippen LogP contribution < -0.4 is 10.2 Å². The summed E-state index contributed by atoms with van der Waals surface area (Å²) in [7, 11) is 1.51. The summed E-state index contributed by atoms with van der Waals surface area (Å²) >= 11 is 3.18. The molecule has 5 nitrogen and oxygen atoms in total. The summed E-state index contributed by atoms with van der Waals surface area (Å²) in [4.78, 5) is 11.9. The summed E-state index contributed by atoms with van der Waals surface area (Å²) in [5.41, 5.74) is 2.83. The van der Waals surface area contributed by atoms with Gasteiger partial charge in [-0.1, -0.05) is 12.1 Å². The van der Waals surface area contributed by atoms with Gasteiger partial charge in [0.2, 0.25) is 0 Å². The average molecular weight is 323 g/mol. The zero-order chi connectivity index (χ0) is 13.7. The first kappa shape index (κ1) is 13.4. The Kier molecular flexibility index (Phi) is 4.35. The van der Waals surface area contributed by atoms with E-state index in [9.17, 15) is 4.79 Å². The highest BCUT2D eigenvalue weighted by molar-refractivity contribution is 9.10. The third-order valence-corrected chi connectivity index (χ3v) is 2.73. The molecule has 0 fully saturated rings. The van der Waals surface area contributed by atoms with Crippen LogP contribution >= 0.6 is 15.9 Å². The number of benzene rings is 1. The highest BCUT2D eigenvalue weighted by Crippen LogP contribution is 2.16. The fourth-order valence-electron chi connectivity index (χ4n) is 1.44. The molecule has 0 bridgehead atoms. The van der Waals surface area contributed by atoms with Gasteiger partial charge in [-0.2, -0.15) is 5.10 Å². The van der Waals surface area contributed by atoms with Crippen molar-refractivity contribution in [2.75, 3.05) is 7.11 Å². The molecule has 0 aliphatic rings. The molecule has 0 radical (unpaired) electrons. The molecule has 2 aromatic rings. The zero-order valence-corrected chi connectivity index (χ0v) is 11.7. The number of hydrogen-bond acceptors (Lipinski definition) is 4. The Labute approximate surface area is 118 Å². The lowest BCUT2D eigenvalue weighted by Crippen LogP contribution is -2.18. The number of furan rings is 1. The van der Waals surface area contributed by atoms with Crippen LogP contribution in [0.1, 0.15) is 16.1 Å². The van der Waals surface area contributed by atoms with Crippen LogP contribution in [0, 0.1) is 0 Å². The largest absolute Gasteiger partial charge is 0.496 e. The Bertz CT molecular complexity index is 607. The number of para-hydroxylation sites is 1. The number of amides is 1. The molecule has 0 unspecified atom stereocenters. The van der Waals surface area contributed by atoms with Gasteiger partial charge >= 0.3 is 0 Å². The third kappa shape index (κ3) is 3.45. The van der Waals surface area contributed by atoms with Gasteiger partial charge in [0.25, 0.3) is 5.91 Å². The number of carbonyl (C=O) groups is 1. The lowest BCUT2D eigenvalue weighted by atomic mass is 10.2. The van der Waals surface area contributed by atoms with Crippen LogP contribution in [0.25, 0.3) is 0 Å². The first-order valence-electron chi connectivity index (χ1n) is 5.42. The number of hydrogen-bond donors (Lipinski definition) is 1. The minimum Gasteiger partial charge on any atom is -0.496 e. The molecule has 0 atom stereocenters. The monoisotopic (exact) mass is 322 g/mol. The van der Waals surface area contributed by atoms with Gasteiger partial charge in [-0.3, -0.25) is 4.79 Å². The first-order valence-corrected chi connectivity index (χ1v) is 6.22. The average Bonchev–Trinajstić information content (AvgIpc) is 2.84. The van der Waals surface area contributed by atoms with Crippen molar-refractivity contribution in [1.82, 2.24) is 5.43 Å². The lowest BCUT2D eigenvalue weighted by Gasteiger charge is -2.05. The number of hydrazone groups is 1. The SMILES string of the molecule is COc1ccccc1C(=O)N/N=C/c1ccc(Br)o1. The Morgan fingerprint density at radius 2 is 2.16 bits per heavy atom. The second-order valence-corrected chi connectivity index (χ2v) is 4.32. The standard InChI is InChI=1S/C13H11BrN2O3/c1-18-11-5-3-2-4-10(11)13(17)16-15-8-9-6-7-12(14)19-9/h2-8H,1H3,(H,16,17)/b15-8+. The number of nitrogens with one attached hydrogen (secondary N) is 1. The molecule has 19 heavy (non-hydrogen) atoms. The number of carbonyl (C=O) groups excluding carboxylic acids is 1. The van der Waals surface area contributed by atoms with Crippen molar-refractivity contribution >= 4 is 28.1 Å². The van der Waals surface area contributed by atoms with Crippen LogP contribution in [0.15, 0.2) is 50.6 Å². The third-order valence-electron chi connectivity index (χ3n) is 2.30. The van der Waals surface area contributed by atoms with E-state index in [4.69, 9.17) is 9.15 Å². The maximum atomic E-state index is 11.9. The van der Waals surface area contributed by atoms with Gasteiger partial charge in [0.1, 0.15) is 11.5 Å². The van der Waals surface area contributed by atoms with E-state index in [0.717, 1.165) is 0 Å². The van der Waals surface area contributed by atoms with E-state index >= 15 is 0 Å². The summed E-state index contributed by atoms with van der Waals surface area (Å²) < 4.78 is 10.9. The van der Waals surface area contributed by atoms with Crippen LogP contribution in [0.5, 0.6) is 5.75 Å². The predicted octanol–water partition coefficient (Wildman–Crippen LogP) is 2.81. The Morgan fingerprint density at radius 3 is 2.84 bits per heavy atom. The molecule has 0 aliphatic heterocycles. The molecule has 1 N–H and O–H groups in total. The minimum absolute atomic E-state index is 0.348. The van der Waals surface area contributed by atoms with Gasteiger partial charge in [0.05, 0.1) is 18.9 Å². The van der Waals surface area contributed by atoms with E-state index in [1.807, 2.05) is 0 Å². The van der Waals surface area contributed by atoms with Crippen LogP contribution in [-0.4, -0.2) is 19.2 Å². The van der Waals surface area contributed by atoms with Crippen molar-refractivity contribution in [3.8, 4) is 5.75 Å². The maximum Gasteiger partial charge on any atom is 0.275 e. The normalized spacial score (nSPS) is 10.6. The number of methoxy groups -OCH3 is 1. The second-order valence-electron chi connectivity index (χ2n) is 3.54. The molecule has 98 valence electrons. The van der Waals surface area contributed by atoms with Crippen LogP contribution in [0.2, 0.25) is 0 Å². The van der Waals surface area contributed by atoms with Crippen molar-refractivity contribution < 1.29 is 13.9 Å². The highest BCUT2D eigenvalue weighted by Gasteiger charge is 2.09. The summed E-state index contributed by atoms with van der Waals surface area (Å²) in [5, 5.41) is 3.81. The Balaban J connectivity index is 2.03. The van der Waals surface area contributed by atoms with Crippen molar-refractivity contribution in [1.29, 1.82) is 0 Å². The summed E-state index contributed by atoms with van der Waals surface area (Å²) in [5.74, 6) is 0.683. The van der Waals surface area contributed by atoms with Crippen molar-refractivity contribution in [2.45, 2.75) is 0 Å². The van der Waals surface area contributed by atoms with Gasteiger partial charge in [0, 0.05) is 0 Å². The maximum absolute atomic E-state index is 11.9. The molecule has 6 heteroatoms. The van der Waals surface area contributed by atoms with E-state index in [2.05, 4.69) is 26.5 Å². The van der Waals surface area contributed by atoms with Crippen LogP contribution in [-0.2, 0) is 0 Å². The summed E-state index contributed by atoms with van der Waals surface area (Å²) in [6.45, 7) is 0. The molecule has 0 saturated carbocycles. The van der Waals surface area contributed by atoms with E-state index in [-0.39, 0.29) is 5.91 Å². The zero-order valence-electron chi connectivity index (χ0n) is 10.1. The van der Waals surface area contributed by atoms with Crippen molar-refractivity contribution in [3.63, 3.8) is 0 Å². The fraction of sp³-hybridized carbons (Fsp3) is 0.0769. The van der Waals surface area contributed by atoms with Gasteiger partial charge in [0.15, 0.2) is 4.67 Å². The van der Waals surface area contributed by atoms with Crippen LogP contribution in [0.4, 0.5) is 0 Å². The molecule has 1 aromatic heterocycles. The van der Waals surface area contributed by atoms with Crippen LogP contribution in [0.3, 0.4) is 0 Å². The van der Waals surface area contributed by atoms with Gasteiger partial charge in [-0.15, -0.1) is 0 Å². The van der Waals surface area contributed by atoms with Gasteiger partial charge in [-0.25, -0.2) is 5.43 Å². The van der Waals surface area contributed by atoms with E-state index < -0.39 is 0 Å². The molecule has 0 saturated heterocycles. The second kappa shape index (κ2) is 6.19. The number of rotatable bonds is 4. The fourth-order valence-corrected chi connectivity index (χ4v) is 1.76. The topological polar surface area (TPSA) is 63.8 Å². The molecule has 1 amide bonds. The molecule has 1 aromatic carbocycles. The first-order chi connectivity index (χ1) is 9.20. The molecule has 1 heterocycles. The number of halogens is 1. The van der Waals surface area contributed by atoms with E-state index in [1.165, 1.54) is 13.3 Å².